The smallest absolute Gasteiger partial charge is 0.317 e. The molecule has 5 heteroatoms. The van der Waals surface area contributed by atoms with E-state index in [0.29, 0.717) is 11.3 Å². The highest BCUT2D eigenvalue weighted by Crippen LogP contribution is 2.47. The monoisotopic (exact) mass is 330 g/mol. The van der Waals surface area contributed by atoms with Crippen molar-refractivity contribution in [2.75, 3.05) is 33.2 Å². The number of hydrogen-bond donors (Lipinski definition) is 1. The number of nitrogens with one attached hydrogen (secondary N) is 1. The molecule has 0 spiro atoms. The summed E-state index contributed by atoms with van der Waals surface area (Å²) in [6.45, 7) is 6.78. The number of carbonyl (C=O) groups excluding carboxylic acids is 1. The summed E-state index contributed by atoms with van der Waals surface area (Å²) in [5.74, 6) is 0.568. The van der Waals surface area contributed by atoms with Gasteiger partial charge in [0.15, 0.2) is 0 Å². The van der Waals surface area contributed by atoms with E-state index >= 15 is 0 Å². The highest BCUT2D eigenvalue weighted by Gasteiger charge is 2.41. The Morgan fingerprint density at radius 1 is 1.50 bits per heavy atom. The zero-order valence-corrected chi connectivity index (χ0v) is 15.0. The lowest BCUT2D eigenvalue weighted by atomic mass is 10.0. The van der Waals surface area contributed by atoms with Crippen LogP contribution in [0.2, 0.25) is 0 Å². The molecule has 1 unspecified atom stereocenters. The van der Waals surface area contributed by atoms with E-state index in [1.807, 2.05) is 17.2 Å². The zero-order valence-electron chi connectivity index (χ0n) is 15.0. The molecule has 1 aliphatic heterocycles. The summed E-state index contributed by atoms with van der Waals surface area (Å²) in [4.78, 5) is 20.8. The van der Waals surface area contributed by atoms with Gasteiger partial charge in [0.25, 0.3) is 0 Å². The predicted molar refractivity (Wildman–Crippen MR) is 95.6 cm³/mol. The van der Waals surface area contributed by atoms with Gasteiger partial charge in [0.1, 0.15) is 0 Å². The number of rotatable bonds is 7. The van der Waals surface area contributed by atoms with Crippen molar-refractivity contribution in [2.45, 2.75) is 39.2 Å². The highest BCUT2D eigenvalue weighted by molar-refractivity contribution is 5.74. The average molecular weight is 330 g/mol. The zero-order chi connectivity index (χ0) is 17.0. The summed E-state index contributed by atoms with van der Waals surface area (Å²) in [5, 5.41) is 3.16. The molecule has 1 N–H and O–H groups in total. The first kappa shape index (κ1) is 17.2. The van der Waals surface area contributed by atoms with Crippen LogP contribution in [0.4, 0.5) is 4.79 Å². The molecule has 0 bridgehead atoms. The molecule has 2 amide bonds. The number of likely N-dealkylation sites (tertiary alicyclic amines) is 1. The maximum atomic E-state index is 12.4. The second-order valence-corrected chi connectivity index (χ2v) is 7.67. The minimum Gasteiger partial charge on any atom is -0.337 e. The van der Waals surface area contributed by atoms with Gasteiger partial charge in [-0.3, -0.25) is 4.98 Å². The standard InChI is InChI=1S/C19H30N4O/c1-3-19(7-8-19)15-21-18(24)23-10-6-17(14-23)13-22(2)12-16-5-4-9-20-11-16/h4-5,9,11,17H,3,6-8,10,12-15H2,1-2H3,(H,21,24). The van der Waals surface area contributed by atoms with E-state index < -0.39 is 0 Å². The lowest BCUT2D eigenvalue weighted by Gasteiger charge is -2.22. The van der Waals surface area contributed by atoms with Crippen LogP contribution in [0, 0.1) is 11.3 Å². The van der Waals surface area contributed by atoms with E-state index in [9.17, 15) is 4.79 Å². The normalized spacial score (nSPS) is 22.0. The first-order valence-corrected chi connectivity index (χ1v) is 9.20. The number of pyridine rings is 1. The van der Waals surface area contributed by atoms with Gasteiger partial charge in [-0.1, -0.05) is 13.0 Å². The summed E-state index contributed by atoms with van der Waals surface area (Å²) in [6, 6.07) is 4.22. The summed E-state index contributed by atoms with van der Waals surface area (Å²) < 4.78 is 0. The molecule has 2 heterocycles. The average Bonchev–Trinajstić information content (AvgIpc) is 3.23. The van der Waals surface area contributed by atoms with E-state index in [2.05, 4.69) is 35.2 Å². The quantitative estimate of drug-likeness (QED) is 0.836. The van der Waals surface area contributed by atoms with Crippen LogP contribution >= 0.6 is 0 Å². The third-order valence-electron chi connectivity index (χ3n) is 5.64. The van der Waals surface area contributed by atoms with Gasteiger partial charge in [0.2, 0.25) is 0 Å². The van der Waals surface area contributed by atoms with Crippen molar-refractivity contribution in [3.8, 4) is 0 Å². The van der Waals surface area contributed by atoms with Crippen LogP contribution in [0.5, 0.6) is 0 Å². The van der Waals surface area contributed by atoms with Crippen LogP contribution in [0.15, 0.2) is 24.5 Å². The number of carbonyl (C=O) groups is 1. The second kappa shape index (κ2) is 7.51. The molecular weight excluding hydrogens is 300 g/mol. The SMILES string of the molecule is CCC1(CNC(=O)N2CCC(CN(C)Cc3cccnc3)C2)CC1. The molecule has 2 aliphatic rings. The van der Waals surface area contributed by atoms with Gasteiger partial charge < -0.3 is 15.1 Å². The van der Waals surface area contributed by atoms with Gasteiger partial charge in [-0.2, -0.15) is 0 Å². The van der Waals surface area contributed by atoms with Gasteiger partial charge in [0.05, 0.1) is 0 Å². The molecule has 0 aromatic carbocycles. The van der Waals surface area contributed by atoms with Crippen LogP contribution < -0.4 is 5.32 Å². The van der Waals surface area contributed by atoms with Gasteiger partial charge in [-0.05, 0) is 55.7 Å². The van der Waals surface area contributed by atoms with Gasteiger partial charge >= 0.3 is 6.03 Å². The Balaban J connectivity index is 1.39. The number of aromatic nitrogens is 1. The second-order valence-electron chi connectivity index (χ2n) is 7.67. The Kier molecular flexibility index (Phi) is 5.39. The fourth-order valence-corrected chi connectivity index (χ4v) is 3.68. The van der Waals surface area contributed by atoms with Crippen molar-refractivity contribution < 1.29 is 4.79 Å². The first-order chi connectivity index (χ1) is 11.6. The topological polar surface area (TPSA) is 48.5 Å². The molecule has 2 fully saturated rings. The minimum atomic E-state index is 0.132. The summed E-state index contributed by atoms with van der Waals surface area (Å²) >= 11 is 0. The molecule has 3 rings (SSSR count). The molecule has 24 heavy (non-hydrogen) atoms. The third kappa shape index (κ3) is 4.47. The fraction of sp³-hybridized carbons (Fsp3) is 0.684. The van der Waals surface area contributed by atoms with Crippen LogP contribution in [0.1, 0.15) is 38.2 Å². The van der Waals surface area contributed by atoms with Crippen molar-refractivity contribution in [3.63, 3.8) is 0 Å². The van der Waals surface area contributed by atoms with Gasteiger partial charge in [-0.25, -0.2) is 4.79 Å². The molecule has 1 saturated heterocycles. The highest BCUT2D eigenvalue weighted by atomic mass is 16.2. The number of amides is 2. The Hall–Kier alpha value is -1.62. The van der Waals surface area contributed by atoms with Crippen LogP contribution in [0.25, 0.3) is 0 Å². The Morgan fingerprint density at radius 3 is 3.00 bits per heavy atom. The molecule has 1 aliphatic carbocycles. The van der Waals surface area contributed by atoms with E-state index in [4.69, 9.17) is 0 Å². The lowest BCUT2D eigenvalue weighted by molar-refractivity contribution is 0.201. The van der Waals surface area contributed by atoms with E-state index in [0.717, 1.165) is 39.1 Å². The van der Waals surface area contributed by atoms with Crippen molar-refractivity contribution in [3.05, 3.63) is 30.1 Å². The van der Waals surface area contributed by atoms with Crippen molar-refractivity contribution >= 4 is 6.03 Å². The van der Waals surface area contributed by atoms with Crippen LogP contribution in [-0.4, -0.2) is 54.0 Å². The van der Waals surface area contributed by atoms with Gasteiger partial charge in [0, 0.05) is 45.1 Å². The molecule has 5 nitrogen and oxygen atoms in total. The summed E-state index contributed by atoms with van der Waals surface area (Å²) in [5.41, 5.74) is 1.65. The lowest BCUT2D eigenvalue weighted by Crippen LogP contribution is -2.41. The maximum Gasteiger partial charge on any atom is 0.317 e. The largest absolute Gasteiger partial charge is 0.337 e. The van der Waals surface area contributed by atoms with Crippen LogP contribution in [0.3, 0.4) is 0 Å². The first-order valence-electron chi connectivity index (χ1n) is 9.20. The van der Waals surface area contributed by atoms with Crippen molar-refractivity contribution in [1.82, 2.24) is 20.1 Å². The van der Waals surface area contributed by atoms with Gasteiger partial charge in [-0.15, -0.1) is 0 Å². The van der Waals surface area contributed by atoms with E-state index in [1.165, 1.54) is 24.8 Å². The molecule has 1 aromatic rings. The fourth-order valence-electron chi connectivity index (χ4n) is 3.68. The molecule has 1 saturated carbocycles. The molecule has 132 valence electrons. The summed E-state index contributed by atoms with van der Waals surface area (Å²) in [6.07, 6.45) is 8.55. The molecule has 1 aromatic heterocycles. The maximum absolute atomic E-state index is 12.4. The third-order valence-corrected chi connectivity index (χ3v) is 5.64. The Morgan fingerprint density at radius 2 is 2.33 bits per heavy atom. The molecule has 0 radical (unpaired) electrons. The van der Waals surface area contributed by atoms with Crippen molar-refractivity contribution in [1.29, 1.82) is 0 Å². The summed E-state index contributed by atoms with van der Waals surface area (Å²) in [7, 11) is 2.15. The number of nitrogens with zero attached hydrogens (tertiary/aromatic N) is 3. The predicted octanol–water partition coefficient (Wildman–Crippen LogP) is 2.74. The number of hydrogen-bond acceptors (Lipinski definition) is 3. The van der Waals surface area contributed by atoms with Crippen LogP contribution in [-0.2, 0) is 6.54 Å². The molecular formula is C19H30N4O. The van der Waals surface area contributed by atoms with E-state index in [1.54, 1.807) is 6.20 Å². The Bertz CT molecular complexity index is 544. The molecule has 1 atom stereocenters. The Labute approximate surface area is 145 Å². The van der Waals surface area contributed by atoms with Crippen molar-refractivity contribution in [2.24, 2.45) is 11.3 Å². The number of urea groups is 1. The minimum absolute atomic E-state index is 0.132. The van der Waals surface area contributed by atoms with E-state index in [-0.39, 0.29) is 6.03 Å².